The second-order valence-corrected chi connectivity index (χ2v) is 3.66. The number of hydrogen-bond donors (Lipinski definition) is 1. The van der Waals surface area contributed by atoms with E-state index in [1.165, 1.54) is 16.7 Å². The maximum absolute atomic E-state index is 10.5. The Balaban J connectivity index is 2.54. The van der Waals surface area contributed by atoms with Crippen LogP contribution in [0.3, 0.4) is 0 Å². The molecule has 0 unspecified atom stereocenters. The molecule has 0 aliphatic carbocycles. The predicted octanol–water partition coefficient (Wildman–Crippen LogP) is 1.93. The molecule has 2 heteroatoms. The molecule has 1 rings (SSSR count). The third-order valence-electron chi connectivity index (χ3n) is 2.01. The highest BCUT2D eigenvalue weighted by Crippen LogP contribution is 2.10. The third kappa shape index (κ3) is 3.60. The minimum absolute atomic E-state index is 0.269. The maximum atomic E-state index is 10.5. The van der Waals surface area contributed by atoms with Crippen molar-refractivity contribution in [2.75, 3.05) is 0 Å². The maximum Gasteiger partial charge on any atom is 0.217 e. The van der Waals surface area contributed by atoms with Gasteiger partial charge in [-0.15, -0.1) is 0 Å². The van der Waals surface area contributed by atoms with Crippen molar-refractivity contribution < 1.29 is 4.79 Å². The van der Waals surface area contributed by atoms with E-state index in [0.29, 0.717) is 6.42 Å². The molecule has 2 nitrogen and oxygen atoms in total. The molecule has 0 saturated carbocycles. The van der Waals surface area contributed by atoms with E-state index in [0.717, 1.165) is 6.42 Å². The van der Waals surface area contributed by atoms with Gasteiger partial charge in [-0.25, -0.2) is 0 Å². The van der Waals surface area contributed by atoms with Gasteiger partial charge < -0.3 is 5.73 Å². The first-order valence-corrected chi connectivity index (χ1v) is 4.75. The first-order valence-electron chi connectivity index (χ1n) is 4.75. The Bertz CT molecular complexity index is 311. The van der Waals surface area contributed by atoms with Crippen molar-refractivity contribution in [3.8, 4) is 0 Å². The zero-order valence-electron chi connectivity index (χ0n) is 8.71. The molecule has 0 atom stereocenters. The Labute approximate surface area is 85.1 Å². The van der Waals surface area contributed by atoms with Crippen LogP contribution in [0.2, 0.25) is 0 Å². The second-order valence-electron chi connectivity index (χ2n) is 3.66. The van der Waals surface area contributed by atoms with E-state index in [4.69, 9.17) is 5.73 Å². The third-order valence-corrected chi connectivity index (χ3v) is 2.01. The molecule has 2 N–H and O–H groups in total. The topological polar surface area (TPSA) is 43.1 Å². The Kier molecular flexibility index (Phi) is 3.69. The lowest BCUT2D eigenvalue weighted by Crippen LogP contribution is -2.10. The number of rotatable bonds is 4. The molecule has 0 aliphatic heterocycles. The van der Waals surface area contributed by atoms with Crippen LogP contribution in [0.5, 0.6) is 0 Å². The Morgan fingerprint density at radius 1 is 1.29 bits per heavy atom. The van der Waals surface area contributed by atoms with Gasteiger partial charge in [0.25, 0.3) is 0 Å². The molecule has 1 aromatic rings. The molecule has 0 aliphatic rings. The molecular formula is C12H16NO. The molecule has 0 spiro atoms. The average molecular weight is 190 g/mol. The van der Waals surface area contributed by atoms with Crippen LogP contribution in [0.15, 0.2) is 18.2 Å². The normalized spacial score (nSPS) is 10.1. The fraction of sp³-hybridized carbons (Fsp3) is 0.333. The van der Waals surface area contributed by atoms with Crippen LogP contribution >= 0.6 is 0 Å². The molecule has 0 aromatic heterocycles. The molecule has 1 aromatic carbocycles. The number of amides is 1. The molecule has 0 bridgehead atoms. The van der Waals surface area contributed by atoms with Gasteiger partial charge in [0.1, 0.15) is 0 Å². The van der Waals surface area contributed by atoms with Crippen molar-refractivity contribution in [1.29, 1.82) is 0 Å². The van der Waals surface area contributed by atoms with Gasteiger partial charge in [0.15, 0.2) is 0 Å². The van der Waals surface area contributed by atoms with E-state index in [1.54, 1.807) is 0 Å². The average Bonchev–Trinajstić information content (AvgIpc) is 2.01. The zero-order chi connectivity index (χ0) is 10.6. The summed E-state index contributed by atoms with van der Waals surface area (Å²) in [6.45, 7) is 4.15. The first-order chi connectivity index (χ1) is 6.58. The molecule has 0 saturated heterocycles. The van der Waals surface area contributed by atoms with Gasteiger partial charge in [0, 0.05) is 6.42 Å². The fourth-order valence-electron chi connectivity index (χ4n) is 1.57. The van der Waals surface area contributed by atoms with Gasteiger partial charge >= 0.3 is 0 Å². The molecule has 0 heterocycles. The van der Waals surface area contributed by atoms with Crippen molar-refractivity contribution in [1.82, 2.24) is 0 Å². The largest absolute Gasteiger partial charge is 0.370 e. The molecule has 1 amide bonds. The van der Waals surface area contributed by atoms with Crippen molar-refractivity contribution in [2.24, 2.45) is 5.73 Å². The van der Waals surface area contributed by atoms with E-state index < -0.39 is 0 Å². The van der Waals surface area contributed by atoms with Gasteiger partial charge in [-0.05, 0) is 32.3 Å². The van der Waals surface area contributed by atoms with Crippen molar-refractivity contribution in [2.45, 2.75) is 26.7 Å². The van der Waals surface area contributed by atoms with Crippen LogP contribution in [-0.4, -0.2) is 5.91 Å². The highest BCUT2D eigenvalue weighted by Gasteiger charge is 1.98. The number of hydrogen-bond acceptors (Lipinski definition) is 1. The molecule has 0 fully saturated rings. The van der Waals surface area contributed by atoms with Crippen LogP contribution in [-0.2, 0) is 11.2 Å². The zero-order valence-corrected chi connectivity index (χ0v) is 8.71. The summed E-state index contributed by atoms with van der Waals surface area (Å²) >= 11 is 0. The lowest BCUT2D eigenvalue weighted by molar-refractivity contribution is -0.117. The molecule has 75 valence electrons. The van der Waals surface area contributed by atoms with E-state index >= 15 is 0 Å². The number of aryl methyl sites for hydroxylation is 2. The summed E-state index contributed by atoms with van der Waals surface area (Å²) < 4.78 is 0. The van der Waals surface area contributed by atoms with Crippen LogP contribution in [0.4, 0.5) is 0 Å². The SMILES string of the molecule is Cc1cc(C)cc(C[CH]CC(N)=O)c1. The van der Waals surface area contributed by atoms with Gasteiger partial charge in [0.2, 0.25) is 5.91 Å². The van der Waals surface area contributed by atoms with Crippen molar-refractivity contribution >= 4 is 5.91 Å². The summed E-state index contributed by atoms with van der Waals surface area (Å²) in [6, 6.07) is 6.40. The lowest BCUT2D eigenvalue weighted by Gasteiger charge is -2.03. The molecule has 14 heavy (non-hydrogen) atoms. The number of benzene rings is 1. The standard InChI is InChI=1S/C12H16NO/c1-9-6-10(2)8-11(7-9)4-3-5-12(13)14/h3,6-8H,4-5H2,1-2H3,(H2,13,14). The Morgan fingerprint density at radius 2 is 1.86 bits per heavy atom. The van der Waals surface area contributed by atoms with Crippen LogP contribution in [0.1, 0.15) is 23.1 Å². The van der Waals surface area contributed by atoms with Gasteiger partial charge in [-0.2, -0.15) is 0 Å². The molecule has 1 radical (unpaired) electrons. The second kappa shape index (κ2) is 4.80. The minimum atomic E-state index is -0.269. The molecular weight excluding hydrogens is 174 g/mol. The smallest absolute Gasteiger partial charge is 0.217 e. The number of carbonyl (C=O) groups is 1. The van der Waals surface area contributed by atoms with Gasteiger partial charge in [-0.3, -0.25) is 4.79 Å². The van der Waals surface area contributed by atoms with Crippen LogP contribution < -0.4 is 5.73 Å². The van der Waals surface area contributed by atoms with E-state index in [2.05, 4.69) is 32.0 Å². The minimum Gasteiger partial charge on any atom is -0.370 e. The summed E-state index contributed by atoms with van der Waals surface area (Å²) in [4.78, 5) is 10.5. The van der Waals surface area contributed by atoms with E-state index in [-0.39, 0.29) is 5.91 Å². The van der Waals surface area contributed by atoms with Gasteiger partial charge in [-0.1, -0.05) is 29.3 Å². The summed E-state index contributed by atoms with van der Waals surface area (Å²) in [5.74, 6) is -0.269. The van der Waals surface area contributed by atoms with Crippen molar-refractivity contribution in [3.05, 3.63) is 41.3 Å². The fourth-order valence-corrected chi connectivity index (χ4v) is 1.57. The van der Waals surface area contributed by atoms with E-state index in [9.17, 15) is 4.79 Å². The highest BCUT2D eigenvalue weighted by molar-refractivity contribution is 5.74. The highest BCUT2D eigenvalue weighted by atomic mass is 16.1. The Morgan fingerprint density at radius 3 is 2.36 bits per heavy atom. The van der Waals surface area contributed by atoms with Crippen LogP contribution in [0.25, 0.3) is 0 Å². The predicted molar refractivity (Wildman–Crippen MR) is 57.7 cm³/mol. The van der Waals surface area contributed by atoms with Crippen LogP contribution in [0, 0.1) is 20.3 Å². The number of carbonyl (C=O) groups excluding carboxylic acids is 1. The van der Waals surface area contributed by atoms with E-state index in [1.807, 2.05) is 6.42 Å². The number of nitrogens with two attached hydrogens (primary N) is 1. The Hall–Kier alpha value is -1.31. The summed E-state index contributed by atoms with van der Waals surface area (Å²) in [5, 5.41) is 0. The summed E-state index contributed by atoms with van der Waals surface area (Å²) in [7, 11) is 0. The lowest BCUT2D eigenvalue weighted by atomic mass is 10.0. The van der Waals surface area contributed by atoms with Crippen molar-refractivity contribution in [3.63, 3.8) is 0 Å². The summed E-state index contributed by atoms with van der Waals surface area (Å²) in [6.07, 6.45) is 3.08. The monoisotopic (exact) mass is 190 g/mol. The quantitative estimate of drug-likeness (QED) is 0.774. The summed E-state index contributed by atoms with van der Waals surface area (Å²) in [5.41, 5.74) is 8.80. The first kappa shape index (κ1) is 10.8. The number of primary amides is 1. The van der Waals surface area contributed by atoms with Gasteiger partial charge in [0.05, 0.1) is 0 Å².